The number of aromatic nitrogens is 1. The van der Waals surface area contributed by atoms with Crippen molar-refractivity contribution in [2.45, 2.75) is 18.6 Å². The molecule has 2 heterocycles. The van der Waals surface area contributed by atoms with Crippen molar-refractivity contribution in [2.75, 3.05) is 33.4 Å². The summed E-state index contributed by atoms with van der Waals surface area (Å²) in [6.07, 6.45) is 3.15. The largest absolute Gasteiger partial charge is 0.490 e. The highest BCUT2D eigenvalue weighted by Gasteiger charge is 2.42. The molecule has 0 radical (unpaired) electrons. The highest BCUT2D eigenvalue weighted by atomic mass is 19.1. The first-order chi connectivity index (χ1) is 16.9. The molecule has 4 rings (SSSR count). The van der Waals surface area contributed by atoms with Gasteiger partial charge in [0.25, 0.3) is 5.91 Å². The minimum absolute atomic E-state index is 0.0222. The van der Waals surface area contributed by atoms with Gasteiger partial charge in [-0.25, -0.2) is 4.39 Å². The first-order valence-electron chi connectivity index (χ1n) is 11.4. The SMILES string of the molecule is CN(Cc1ccccc1)C(=O)CC1(COc2ccc(F)cc2)CN(C(=O)c2cccnc2)CCO1. The van der Waals surface area contributed by atoms with Gasteiger partial charge in [-0.1, -0.05) is 30.3 Å². The third-order valence-corrected chi connectivity index (χ3v) is 5.92. The van der Waals surface area contributed by atoms with Crippen molar-refractivity contribution in [1.29, 1.82) is 0 Å². The van der Waals surface area contributed by atoms with Gasteiger partial charge in [0.1, 0.15) is 23.8 Å². The van der Waals surface area contributed by atoms with E-state index in [1.165, 1.54) is 30.5 Å². The number of ether oxygens (including phenoxy) is 2. The lowest BCUT2D eigenvalue weighted by molar-refractivity contribution is -0.152. The van der Waals surface area contributed by atoms with E-state index >= 15 is 0 Å². The Balaban J connectivity index is 1.51. The van der Waals surface area contributed by atoms with E-state index in [1.54, 1.807) is 35.2 Å². The second kappa shape index (κ2) is 11.1. The Hall–Kier alpha value is -3.78. The fourth-order valence-electron chi connectivity index (χ4n) is 4.04. The minimum Gasteiger partial charge on any atom is -0.490 e. The topological polar surface area (TPSA) is 72.0 Å². The average molecular weight is 478 g/mol. The maximum atomic E-state index is 13.3. The molecule has 8 heteroatoms. The molecular formula is C27H28FN3O4. The van der Waals surface area contributed by atoms with Gasteiger partial charge in [-0.05, 0) is 42.0 Å². The Bertz CT molecular complexity index is 1130. The molecule has 0 aliphatic carbocycles. The molecule has 35 heavy (non-hydrogen) atoms. The van der Waals surface area contributed by atoms with Crippen LogP contribution in [0.1, 0.15) is 22.3 Å². The summed E-state index contributed by atoms with van der Waals surface area (Å²) in [4.78, 5) is 33.7. The number of hydrogen-bond donors (Lipinski definition) is 0. The van der Waals surface area contributed by atoms with Gasteiger partial charge < -0.3 is 19.3 Å². The zero-order valence-electron chi connectivity index (χ0n) is 19.6. The molecule has 1 aromatic heterocycles. The number of rotatable bonds is 8. The summed E-state index contributed by atoms with van der Waals surface area (Å²) in [6, 6.07) is 18.8. The quantitative estimate of drug-likeness (QED) is 0.496. The van der Waals surface area contributed by atoms with Crippen LogP contribution in [0.25, 0.3) is 0 Å². The smallest absolute Gasteiger partial charge is 0.255 e. The van der Waals surface area contributed by atoms with E-state index in [9.17, 15) is 14.0 Å². The van der Waals surface area contributed by atoms with Crippen molar-refractivity contribution in [3.05, 3.63) is 96.1 Å². The summed E-state index contributed by atoms with van der Waals surface area (Å²) < 4.78 is 25.4. The fraction of sp³-hybridized carbons (Fsp3) is 0.296. The van der Waals surface area contributed by atoms with E-state index < -0.39 is 5.60 Å². The summed E-state index contributed by atoms with van der Waals surface area (Å²) in [5.41, 5.74) is 0.417. The number of carbonyl (C=O) groups excluding carboxylic acids is 2. The lowest BCUT2D eigenvalue weighted by atomic mass is 9.96. The van der Waals surface area contributed by atoms with Gasteiger partial charge in [0.15, 0.2) is 0 Å². The van der Waals surface area contributed by atoms with Gasteiger partial charge in [-0.2, -0.15) is 0 Å². The third-order valence-electron chi connectivity index (χ3n) is 5.92. The molecule has 1 atom stereocenters. The highest BCUT2D eigenvalue weighted by Crippen LogP contribution is 2.26. The highest BCUT2D eigenvalue weighted by molar-refractivity contribution is 5.94. The Kier molecular flexibility index (Phi) is 7.72. The predicted octanol–water partition coefficient (Wildman–Crippen LogP) is 3.56. The molecule has 1 unspecified atom stereocenters. The molecule has 0 saturated carbocycles. The van der Waals surface area contributed by atoms with Crippen LogP contribution in [0.5, 0.6) is 5.75 Å². The van der Waals surface area contributed by atoms with Gasteiger partial charge in [0.2, 0.25) is 5.91 Å². The van der Waals surface area contributed by atoms with Gasteiger partial charge in [0.05, 0.1) is 25.1 Å². The Morgan fingerprint density at radius 2 is 1.89 bits per heavy atom. The van der Waals surface area contributed by atoms with Crippen LogP contribution < -0.4 is 4.74 Å². The molecule has 0 bridgehead atoms. The number of carbonyl (C=O) groups is 2. The van der Waals surface area contributed by atoms with Crippen LogP contribution in [-0.2, 0) is 16.1 Å². The van der Waals surface area contributed by atoms with Crippen molar-refractivity contribution >= 4 is 11.8 Å². The number of amides is 2. The van der Waals surface area contributed by atoms with E-state index in [4.69, 9.17) is 9.47 Å². The van der Waals surface area contributed by atoms with Crippen molar-refractivity contribution in [2.24, 2.45) is 0 Å². The van der Waals surface area contributed by atoms with E-state index in [1.807, 2.05) is 30.3 Å². The van der Waals surface area contributed by atoms with Crippen molar-refractivity contribution in [3.8, 4) is 5.75 Å². The van der Waals surface area contributed by atoms with Crippen LogP contribution in [0.2, 0.25) is 0 Å². The molecule has 2 amide bonds. The number of pyridine rings is 1. The maximum Gasteiger partial charge on any atom is 0.255 e. The second-order valence-corrected chi connectivity index (χ2v) is 8.65. The van der Waals surface area contributed by atoms with Crippen LogP contribution in [0.15, 0.2) is 79.1 Å². The summed E-state index contributed by atoms with van der Waals surface area (Å²) in [5, 5.41) is 0. The third kappa shape index (κ3) is 6.42. The lowest BCUT2D eigenvalue weighted by Crippen LogP contribution is -2.58. The number of nitrogens with zero attached hydrogens (tertiary/aromatic N) is 3. The molecule has 0 spiro atoms. The predicted molar refractivity (Wildman–Crippen MR) is 128 cm³/mol. The molecule has 2 aromatic carbocycles. The van der Waals surface area contributed by atoms with Gasteiger partial charge in [-0.15, -0.1) is 0 Å². The zero-order chi connectivity index (χ0) is 24.7. The van der Waals surface area contributed by atoms with Gasteiger partial charge >= 0.3 is 0 Å². The summed E-state index contributed by atoms with van der Waals surface area (Å²) in [7, 11) is 1.74. The van der Waals surface area contributed by atoms with Crippen LogP contribution in [0, 0.1) is 5.82 Å². The van der Waals surface area contributed by atoms with Crippen LogP contribution in [0.4, 0.5) is 4.39 Å². The van der Waals surface area contributed by atoms with Gasteiger partial charge in [0, 0.05) is 32.5 Å². The molecule has 1 saturated heterocycles. The summed E-state index contributed by atoms with van der Waals surface area (Å²) in [6.45, 7) is 1.30. The van der Waals surface area contributed by atoms with Crippen LogP contribution in [-0.4, -0.2) is 65.6 Å². The molecule has 1 aliphatic heterocycles. The first-order valence-corrected chi connectivity index (χ1v) is 11.4. The molecule has 0 N–H and O–H groups in total. The first kappa shape index (κ1) is 24.3. The Labute approximate surface area is 204 Å². The zero-order valence-corrected chi connectivity index (χ0v) is 19.6. The number of benzene rings is 2. The summed E-state index contributed by atoms with van der Waals surface area (Å²) in [5.74, 6) is -0.230. The van der Waals surface area contributed by atoms with Crippen molar-refractivity contribution in [1.82, 2.24) is 14.8 Å². The fourth-order valence-corrected chi connectivity index (χ4v) is 4.04. The normalized spacial score (nSPS) is 17.6. The lowest BCUT2D eigenvalue weighted by Gasteiger charge is -2.42. The monoisotopic (exact) mass is 477 g/mol. The van der Waals surface area contributed by atoms with Crippen molar-refractivity contribution < 1.29 is 23.5 Å². The maximum absolute atomic E-state index is 13.3. The molecule has 182 valence electrons. The van der Waals surface area contributed by atoms with Crippen molar-refractivity contribution in [3.63, 3.8) is 0 Å². The van der Waals surface area contributed by atoms with E-state index in [0.29, 0.717) is 24.4 Å². The van der Waals surface area contributed by atoms with Gasteiger partial charge in [-0.3, -0.25) is 14.6 Å². The average Bonchev–Trinajstić information content (AvgIpc) is 2.89. The molecule has 7 nitrogen and oxygen atoms in total. The summed E-state index contributed by atoms with van der Waals surface area (Å²) >= 11 is 0. The molecule has 3 aromatic rings. The van der Waals surface area contributed by atoms with E-state index in [0.717, 1.165) is 5.56 Å². The number of morpholine rings is 1. The number of hydrogen-bond acceptors (Lipinski definition) is 5. The van der Waals surface area contributed by atoms with Crippen LogP contribution in [0.3, 0.4) is 0 Å². The molecular weight excluding hydrogens is 449 g/mol. The van der Waals surface area contributed by atoms with Crippen LogP contribution >= 0.6 is 0 Å². The van der Waals surface area contributed by atoms with E-state index in [2.05, 4.69) is 4.98 Å². The Morgan fingerprint density at radius 3 is 2.60 bits per heavy atom. The standard InChI is InChI=1S/C27H28FN3O4/c1-30(18-21-6-3-2-4-7-21)25(32)16-27(20-34-24-11-9-23(28)10-12-24)19-31(14-15-35-27)26(33)22-8-5-13-29-17-22/h2-13,17H,14-16,18-20H2,1H3. The van der Waals surface area contributed by atoms with E-state index in [-0.39, 0.29) is 43.8 Å². The second-order valence-electron chi connectivity index (χ2n) is 8.65. The Morgan fingerprint density at radius 1 is 1.11 bits per heavy atom. The molecule has 1 fully saturated rings. The number of halogens is 1. The minimum atomic E-state index is -1.06. The molecule has 1 aliphatic rings.